The van der Waals surface area contributed by atoms with Crippen LogP contribution in [0.2, 0.25) is 0 Å². The molecule has 4 heteroatoms. The minimum Gasteiger partial charge on any atom is -0.321 e. The van der Waals surface area contributed by atoms with Crippen LogP contribution in [0.3, 0.4) is 0 Å². The molecule has 1 unspecified atom stereocenters. The largest absolute Gasteiger partial charge is 0.416 e. The molecule has 0 saturated carbocycles. The van der Waals surface area contributed by atoms with Crippen LogP contribution in [0.5, 0.6) is 0 Å². The Morgan fingerprint density at radius 1 is 0.905 bits per heavy atom. The number of hydrogen-bond donors (Lipinski definition) is 1. The van der Waals surface area contributed by atoms with Crippen molar-refractivity contribution in [1.82, 2.24) is 0 Å². The lowest BCUT2D eigenvalue weighted by atomic mass is 9.82. The molecule has 2 N–H and O–H groups in total. The van der Waals surface area contributed by atoms with Gasteiger partial charge in [0.05, 0.1) is 5.56 Å². The average Bonchev–Trinajstić information content (AvgIpc) is 2.47. The summed E-state index contributed by atoms with van der Waals surface area (Å²) in [5, 5.41) is 0. The molecule has 0 aromatic heterocycles. The Morgan fingerprint density at radius 3 is 2.10 bits per heavy atom. The van der Waals surface area contributed by atoms with E-state index in [0.717, 1.165) is 17.7 Å². The summed E-state index contributed by atoms with van der Waals surface area (Å²) < 4.78 is 38.5. The monoisotopic (exact) mass is 293 g/mol. The SMILES string of the molecule is CCC(N)(Cc1ccccc1)c1cccc(C(F)(F)F)c1. The van der Waals surface area contributed by atoms with E-state index < -0.39 is 17.3 Å². The second-order valence-corrected chi connectivity index (χ2v) is 5.25. The summed E-state index contributed by atoms with van der Waals surface area (Å²) >= 11 is 0. The summed E-state index contributed by atoms with van der Waals surface area (Å²) in [7, 11) is 0. The molecule has 2 aromatic carbocycles. The van der Waals surface area contributed by atoms with Crippen LogP contribution in [0, 0.1) is 0 Å². The highest BCUT2D eigenvalue weighted by molar-refractivity contribution is 5.33. The van der Waals surface area contributed by atoms with Crippen LogP contribution < -0.4 is 5.73 Å². The Labute approximate surface area is 122 Å². The summed E-state index contributed by atoms with van der Waals surface area (Å²) in [6.07, 6.45) is -3.29. The maximum atomic E-state index is 12.8. The Bertz CT molecular complexity index is 592. The van der Waals surface area contributed by atoms with Gasteiger partial charge in [0.25, 0.3) is 0 Å². The van der Waals surface area contributed by atoms with E-state index >= 15 is 0 Å². The number of benzene rings is 2. The van der Waals surface area contributed by atoms with E-state index in [-0.39, 0.29) is 0 Å². The van der Waals surface area contributed by atoms with Crippen LogP contribution in [0.15, 0.2) is 54.6 Å². The zero-order chi connectivity index (χ0) is 15.5. The van der Waals surface area contributed by atoms with Gasteiger partial charge in [-0.05, 0) is 36.1 Å². The molecule has 0 aliphatic heterocycles. The Balaban J connectivity index is 2.36. The molecule has 0 spiro atoms. The Morgan fingerprint density at radius 2 is 1.52 bits per heavy atom. The smallest absolute Gasteiger partial charge is 0.321 e. The van der Waals surface area contributed by atoms with Crippen molar-refractivity contribution in [3.8, 4) is 0 Å². The molecule has 0 heterocycles. The molecule has 2 aromatic rings. The number of alkyl halides is 3. The predicted molar refractivity (Wildman–Crippen MR) is 77.7 cm³/mol. The first-order valence-electron chi connectivity index (χ1n) is 6.86. The van der Waals surface area contributed by atoms with Gasteiger partial charge in [0.1, 0.15) is 0 Å². The van der Waals surface area contributed by atoms with Gasteiger partial charge in [0.2, 0.25) is 0 Å². The van der Waals surface area contributed by atoms with E-state index in [1.165, 1.54) is 6.07 Å². The first-order chi connectivity index (χ1) is 9.85. The lowest BCUT2D eigenvalue weighted by molar-refractivity contribution is -0.137. The van der Waals surface area contributed by atoms with E-state index in [0.29, 0.717) is 18.4 Å². The second kappa shape index (κ2) is 5.90. The molecular weight excluding hydrogens is 275 g/mol. The first-order valence-corrected chi connectivity index (χ1v) is 6.86. The molecule has 0 bridgehead atoms. The summed E-state index contributed by atoms with van der Waals surface area (Å²) in [5.41, 5.74) is 6.47. The lowest BCUT2D eigenvalue weighted by Gasteiger charge is -2.29. The molecule has 21 heavy (non-hydrogen) atoms. The van der Waals surface area contributed by atoms with Gasteiger partial charge in [0.15, 0.2) is 0 Å². The number of rotatable bonds is 4. The van der Waals surface area contributed by atoms with Crippen LogP contribution in [0.25, 0.3) is 0 Å². The third-order valence-electron chi connectivity index (χ3n) is 3.76. The highest BCUT2D eigenvalue weighted by Gasteiger charge is 2.33. The molecular formula is C17H18F3N. The minimum absolute atomic E-state index is 0.506. The molecule has 0 fully saturated rings. The number of halogens is 3. The minimum atomic E-state index is -4.35. The third kappa shape index (κ3) is 3.64. The molecule has 112 valence electrons. The molecule has 2 rings (SSSR count). The van der Waals surface area contributed by atoms with E-state index in [9.17, 15) is 13.2 Å². The summed E-state index contributed by atoms with van der Waals surface area (Å²) in [6, 6.07) is 14.9. The first kappa shape index (κ1) is 15.6. The van der Waals surface area contributed by atoms with Gasteiger partial charge in [-0.15, -0.1) is 0 Å². The van der Waals surface area contributed by atoms with E-state index in [2.05, 4.69) is 0 Å². The van der Waals surface area contributed by atoms with Crippen molar-refractivity contribution in [2.24, 2.45) is 5.73 Å². The molecule has 0 radical (unpaired) electrons. The maximum absolute atomic E-state index is 12.8. The van der Waals surface area contributed by atoms with Crippen LogP contribution in [0.1, 0.15) is 30.0 Å². The van der Waals surface area contributed by atoms with Gasteiger partial charge >= 0.3 is 6.18 Å². The number of nitrogens with two attached hydrogens (primary N) is 1. The quantitative estimate of drug-likeness (QED) is 0.881. The highest BCUT2D eigenvalue weighted by Crippen LogP contribution is 2.33. The van der Waals surface area contributed by atoms with Crippen molar-refractivity contribution in [3.05, 3.63) is 71.3 Å². The van der Waals surface area contributed by atoms with Crippen molar-refractivity contribution in [1.29, 1.82) is 0 Å². The summed E-state index contributed by atoms with van der Waals surface area (Å²) in [4.78, 5) is 0. The van der Waals surface area contributed by atoms with Crippen molar-refractivity contribution in [2.75, 3.05) is 0 Å². The van der Waals surface area contributed by atoms with Crippen molar-refractivity contribution >= 4 is 0 Å². The van der Waals surface area contributed by atoms with Crippen molar-refractivity contribution in [2.45, 2.75) is 31.5 Å². The molecule has 0 aliphatic carbocycles. The van der Waals surface area contributed by atoms with Gasteiger partial charge in [-0.1, -0.05) is 49.4 Å². The third-order valence-corrected chi connectivity index (χ3v) is 3.76. The van der Waals surface area contributed by atoms with Gasteiger partial charge in [0, 0.05) is 5.54 Å². The van der Waals surface area contributed by atoms with Gasteiger partial charge < -0.3 is 5.73 Å². The summed E-state index contributed by atoms with van der Waals surface area (Å²) in [5.74, 6) is 0. The Hall–Kier alpha value is -1.81. The fourth-order valence-corrected chi connectivity index (χ4v) is 2.40. The molecule has 1 atom stereocenters. The van der Waals surface area contributed by atoms with Crippen LogP contribution in [-0.2, 0) is 18.1 Å². The standard InChI is InChI=1S/C17H18F3N/c1-2-16(21,12-13-7-4-3-5-8-13)14-9-6-10-15(11-14)17(18,19)20/h3-11H,2,12,21H2,1H3. The van der Waals surface area contributed by atoms with E-state index in [4.69, 9.17) is 5.73 Å². The van der Waals surface area contributed by atoms with Crippen molar-refractivity contribution < 1.29 is 13.2 Å². The maximum Gasteiger partial charge on any atom is 0.416 e. The molecule has 0 amide bonds. The summed E-state index contributed by atoms with van der Waals surface area (Å²) in [6.45, 7) is 1.89. The molecule has 1 nitrogen and oxygen atoms in total. The topological polar surface area (TPSA) is 26.0 Å². The fourth-order valence-electron chi connectivity index (χ4n) is 2.40. The average molecular weight is 293 g/mol. The normalized spacial score (nSPS) is 14.7. The lowest BCUT2D eigenvalue weighted by Crippen LogP contribution is -2.38. The number of hydrogen-bond acceptors (Lipinski definition) is 1. The zero-order valence-corrected chi connectivity index (χ0v) is 11.8. The van der Waals surface area contributed by atoms with Crippen molar-refractivity contribution in [3.63, 3.8) is 0 Å². The zero-order valence-electron chi connectivity index (χ0n) is 11.8. The van der Waals surface area contributed by atoms with E-state index in [1.807, 2.05) is 37.3 Å². The van der Waals surface area contributed by atoms with Gasteiger partial charge in [-0.25, -0.2) is 0 Å². The van der Waals surface area contributed by atoms with E-state index in [1.54, 1.807) is 6.07 Å². The highest BCUT2D eigenvalue weighted by atomic mass is 19.4. The molecule has 0 saturated heterocycles. The second-order valence-electron chi connectivity index (χ2n) is 5.25. The predicted octanol–water partition coefficient (Wildman–Crippen LogP) is 4.51. The fraction of sp³-hybridized carbons (Fsp3) is 0.294. The van der Waals surface area contributed by atoms with Crippen LogP contribution >= 0.6 is 0 Å². The van der Waals surface area contributed by atoms with Gasteiger partial charge in [-0.2, -0.15) is 13.2 Å². The Kier molecular flexibility index (Phi) is 4.37. The van der Waals surface area contributed by atoms with Crippen LogP contribution in [-0.4, -0.2) is 0 Å². The molecule has 0 aliphatic rings. The van der Waals surface area contributed by atoms with Crippen LogP contribution in [0.4, 0.5) is 13.2 Å². The van der Waals surface area contributed by atoms with Gasteiger partial charge in [-0.3, -0.25) is 0 Å².